The number of carbonyl (C=O) groups excluding carboxylic acids is 1. The molecule has 1 unspecified atom stereocenters. The minimum atomic E-state index is -3.61. The number of benzene rings is 2. The van der Waals surface area contributed by atoms with E-state index in [1.165, 1.54) is 0 Å². The number of hydrogen-bond acceptors (Lipinski definition) is 3. The van der Waals surface area contributed by atoms with Crippen molar-refractivity contribution >= 4 is 15.9 Å². The Hall–Kier alpha value is -2.18. The molecule has 27 heavy (non-hydrogen) atoms. The van der Waals surface area contributed by atoms with Crippen LogP contribution in [0.15, 0.2) is 53.4 Å². The number of fused-ring (bicyclic) bond motifs is 1. The molecule has 0 fully saturated rings. The van der Waals surface area contributed by atoms with E-state index in [-0.39, 0.29) is 16.8 Å². The topological polar surface area (TPSA) is 66.5 Å². The highest BCUT2D eigenvalue weighted by molar-refractivity contribution is 7.89. The Morgan fingerprint density at radius 2 is 1.89 bits per heavy atom. The van der Waals surface area contributed by atoms with Gasteiger partial charge in [-0.2, -0.15) is 0 Å². The second-order valence-electron chi connectivity index (χ2n) is 7.00. The lowest BCUT2D eigenvalue weighted by atomic mass is 9.99. The van der Waals surface area contributed by atoms with Crippen LogP contribution in [-0.2, 0) is 27.8 Å². The number of carbonyl (C=O) groups is 1. The Labute approximate surface area is 161 Å². The van der Waals surface area contributed by atoms with Gasteiger partial charge in [-0.05, 0) is 48.6 Å². The maximum Gasteiger partial charge on any atom is 0.241 e. The van der Waals surface area contributed by atoms with Crippen molar-refractivity contribution in [1.82, 2.24) is 9.62 Å². The van der Waals surface area contributed by atoms with Crippen molar-refractivity contribution in [2.45, 2.75) is 50.6 Å². The van der Waals surface area contributed by atoms with E-state index in [4.69, 9.17) is 0 Å². The molecule has 3 rings (SSSR count). The van der Waals surface area contributed by atoms with Gasteiger partial charge in [0.15, 0.2) is 0 Å². The Morgan fingerprint density at radius 1 is 1.15 bits per heavy atom. The summed E-state index contributed by atoms with van der Waals surface area (Å²) in [6.45, 7) is 5.03. The normalized spacial score (nSPS) is 15.3. The first-order valence-electron chi connectivity index (χ1n) is 9.37. The van der Waals surface area contributed by atoms with Crippen LogP contribution in [0, 0.1) is 0 Å². The van der Waals surface area contributed by atoms with Crippen molar-refractivity contribution in [3.63, 3.8) is 0 Å². The predicted molar refractivity (Wildman–Crippen MR) is 106 cm³/mol. The third kappa shape index (κ3) is 4.57. The largest absolute Gasteiger partial charge is 0.338 e. The highest BCUT2D eigenvalue weighted by Crippen LogP contribution is 2.24. The zero-order chi connectivity index (χ0) is 19.4. The summed E-state index contributed by atoms with van der Waals surface area (Å²) in [5.74, 6) is 0.165. The van der Waals surface area contributed by atoms with E-state index in [0.717, 1.165) is 23.1 Å². The van der Waals surface area contributed by atoms with Gasteiger partial charge in [0.05, 0.1) is 4.90 Å². The lowest BCUT2D eigenvalue weighted by Gasteiger charge is -2.29. The van der Waals surface area contributed by atoms with Crippen LogP contribution in [-0.4, -0.2) is 25.8 Å². The van der Waals surface area contributed by atoms with Gasteiger partial charge in [-0.1, -0.05) is 43.3 Å². The molecule has 0 aliphatic carbocycles. The maximum absolute atomic E-state index is 12.8. The van der Waals surface area contributed by atoms with Crippen molar-refractivity contribution in [1.29, 1.82) is 0 Å². The summed E-state index contributed by atoms with van der Waals surface area (Å²) in [6.07, 6.45) is 2.08. The summed E-state index contributed by atoms with van der Waals surface area (Å²) >= 11 is 0. The third-order valence-electron chi connectivity index (χ3n) is 4.95. The van der Waals surface area contributed by atoms with Gasteiger partial charge >= 0.3 is 0 Å². The quantitative estimate of drug-likeness (QED) is 0.827. The smallest absolute Gasteiger partial charge is 0.241 e. The molecule has 5 nitrogen and oxygen atoms in total. The van der Waals surface area contributed by atoms with Gasteiger partial charge in [-0.25, -0.2) is 13.1 Å². The van der Waals surface area contributed by atoms with Crippen molar-refractivity contribution < 1.29 is 13.2 Å². The molecule has 0 aromatic heterocycles. The summed E-state index contributed by atoms with van der Waals surface area (Å²) in [6, 6.07) is 14.4. The van der Waals surface area contributed by atoms with Gasteiger partial charge < -0.3 is 4.90 Å². The van der Waals surface area contributed by atoms with Crippen LogP contribution in [0.1, 0.15) is 49.4 Å². The zero-order valence-corrected chi connectivity index (χ0v) is 16.6. The number of amides is 1. The molecule has 2 aromatic carbocycles. The van der Waals surface area contributed by atoms with Crippen LogP contribution >= 0.6 is 0 Å². The fourth-order valence-corrected chi connectivity index (χ4v) is 4.67. The molecule has 1 N–H and O–H groups in total. The van der Waals surface area contributed by atoms with Gasteiger partial charge in [0.2, 0.25) is 15.9 Å². The molecule has 2 aromatic rings. The second-order valence-corrected chi connectivity index (χ2v) is 8.71. The average molecular weight is 387 g/mol. The highest BCUT2D eigenvalue weighted by Gasteiger charge is 2.23. The number of nitrogens with one attached hydrogen (secondary N) is 1. The predicted octanol–water partition coefficient (Wildman–Crippen LogP) is 3.41. The summed E-state index contributed by atoms with van der Waals surface area (Å²) in [4.78, 5) is 14.2. The van der Waals surface area contributed by atoms with E-state index < -0.39 is 10.0 Å². The lowest BCUT2D eigenvalue weighted by Crippen LogP contribution is -2.36. The molecular formula is C21H26N2O3S. The molecule has 0 spiro atoms. The summed E-state index contributed by atoms with van der Waals surface area (Å²) in [5, 5.41) is 0. The van der Waals surface area contributed by atoms with Crippen molar-refractivity contribution in [2.75, 3.05) is 6.54 Å². The van der Waals surface area contributed by atoms with Crippen molar-refractivity contribution in [3.05, 3.63) is 65.2 Å². The molecule has 144 valence electrons. The average Bonchev–Trinajstić information content (AvgIpc) is 2.67. The fourth-order valence-electron chi connectivity index (χ4n) is 3.39. The van der Waals surface area contributed by atoms with Crippen molar-refractivity contribution in [2.24, 2.45) is 0 Å². The first-order valence-corrected chi connectivity index (χ1v) is 10.9. The standard InChI is InChI=1S/C21H26N2O3S/c1-3-7-21(24)23-13-12-18-14-20(11-10-19(18)15-23)27(25,26)22-16(2)17-8-5-4-6-9-17/h4-6,8-11,14,16,22H,3,7,12-13,15H2,1-2H3. The number of hydrogen-bond donors (Lipinski definition) is 1. The first-order chi connectivity index (χ1) is 12.9. The minimum Gasteiger partial charge on any atom is -0.338 e. The molecule has 1 heterocycles. The monoisotopic (exact) mass is 386 g/mol. The van der Waals surface area contributed by atoms with Crippen LogP contribution in [0.4, 0.5) is 0 Å². The van der Waals surface area contributed by atoms with Gasteiger partial charge in [0.1, 0.15) is 0 Å². The summed E-state index contributed by atoms with van der Waals surface area (Å²) < 4.78 is 28.3. The molecule has 0 radical (unpaired) electrons. The molecule has 1 aliphatic rings. The van der Waals surface area contributed by atoms with Crippen LogP contribution in [0.5, 0.6) is 0 Å². The second kappa shape index (κ2) is 8.23. The molecule has 0 saturated heterocycles. The first kappa shape index (κ1) is 19.6. The molecule has 1 atom stereocenters. The van der Waals surface area contributed by atoms with E-state index in [1.54, 1.807) is 12.1 Å². The van der Waals surface area contributed by atoms with Crippen LogP contribution in [0.25, 0.3) is 0 Å². The van der Waals surface area contributed by atoms with Gasteiger partial charge in [0, 0.05) is 25.6 Å². The van der Waals surface area contributed by atoms with E-state index in [2.05, 4.69) is 4.72 Å². The summed E-state index contributed by atoms with van der Waals surface area (Å²) in [7, 11) is -3.61. The van der Waals surface area contributed by atoms with Gasteiger partial charge in [-0.15, -0.1) is 0 Å². The van der Waals surface area contributed by atoms with Crippen LogP contribution < -0.4 is 4.72 Å². The molecule has 6 heteroatoms. The highest BCUT2D eigenvalue weighted by atomic mass is 32.2. The number of nitrogens with zero attached hydrogens (tertiary/aromatic N) is 1. The van der Waals surface area contributed by atoms with Gasteiger partial charge in [-0.3, -0.25) is 4.79 Å². The van der Waals surface area contributed by atoms with E-state index in [1.807, 2.05) is 55.1 Å². The Bertz CT molecular complexity index is 910. The van der Waals surface area contributed by atoms with Crippen molar-refractivity contribution in [3.8, 4) is 0 Å². The molecule has 1 aliphatic heterocycles. The molecular weight excluding hydrogens is 360 g/mol. The van der Waals surface area contributed by atoms with E-state index >= 15 is 0 Å². The molecule has 0 saturated carbocycles. The van der Waals surface area contributed by atoms with Gasteiger partial charge in [0.25, 0.3) is 0 Å². The SMILES string of the molecule is CCCC(=O)N1CCc2cc(S(=O)(=O)NC(C)c3ccccc3)ccc2C1. The minimum absolute atomic E-state index is 0.165. The molecule has 0 bridgehead atoms. The maximum atomic E-state index is 12.8. The molecule has 1 amide bonds. The van der Waals surface area contributed by atoms with Crippen LogP contribution in [0.3, 0.4) is 0 Å². The number of rotatable bonds is 6. The van der Waals surface area contributed by atoms with Crippen LogP contribution in [0.2, 0.25) is 0 Å². The lowest BCUT2D eigenvalue weighted by molar-refractivity contribution is -0.132. The Morgan fingerprint density at radius 3 is 2.59 bits per heavy atom. The summed E-state index contributed by atoms with van der Waals surface area (Å²) in [5.41, 5.74) is 2.95. The van der Waals surface area contributed by atoms with E-state index in [0.29, 0.717) is 25.9 Å². The zero-order valence-electron chi connectivity index (χ0n) is 15.8. The fraction of sp³-hybridized carbons (Fsp3) is 0.381. The Kier molecular flexibility index (Phi) is 5.97. The van der Waals surface area contributed by atoms with E-state index in [9.17, 15) is 13.2 Å². The number of sulfonamides is 1. The Balaban J connectivity index is 1.76. The third-order valence-corrected chi connectivity index (χ3v) is 6.49.